The van der Waals surface area contributed by atoms with Crippen molar-refractivity contribution in [1.29, 1.82) is 0 Å². The highest BCUT2D eigenvalue weighted by Gasteiger charge is 2.20. The maximum atomic E-state index is 12.2. The molecule has 30 heavy (non-hydrogen) atoms. The van der Waals surface area contributed by atoms with E-state index in [1.54, 1.807) is 13.2 Å². The lowest BCUT2D eigenvalue weighted by Gasteiger charge is -2.32. The van der Waals surface area contributed by atoms with Gasteiger partial charge in [0.25, 0.3) is 0 Å². The molecule has 0 spiro atoms. The summed E-state index contributed by atoms with van der Waals surface area (Å²) in [5, 5.41) is 22.0. The monoisotopic (exact) mass is 412 g/mol. The van der Waals surface area contributed by atoms with Crippen LogP contribution in [0.15, 0.2) is 42.5 Å². The number of nitrogens with one attached hydrogen (secondary N) is 1. The third-order valence-corrected chi connectivity index (χ3v) is 5.73. The van der Waals surface area contributed by atoms with E-state index < -0.39 is 0 Å². The molecule has 3 N–H and O–H groups in total. The van der Waals surface area contributed by atoms with Gasteiger partial charge in [-0.1, -0.05) is 18.2 Å². The first-order chi connectivity index (χ1) is 14.5. The average Bonchev–Trinajstić information content (AvgIpc) is 2.76. The second-order valence-corrected chi connectivity index (χ2v) is 7.96. The van der Waals surface area contributed by atoms with Crippen LogP contribution in [0.3, 0.4) is 0 Å². The minimum atomic E-state index is -0.146. The molecule has 2 aromatic rings. The number of nitrogens with zero attached hydrogens (tertiary/aromatic N) is 1. The number of rotatable bonds is 9. The van der Waals surface area contributed by atoms with E-state index in [-0.39, 0.29) is 23.4 Å². The molecule has 0 saturated carbocycles. The number of carbonyl (C=O) groups excluding carboxylic acids is 1. The molecule has 0 radical (unpaired) electrons. The van der Waals surface area contributed by atoms with Crippen LogP contribution in [0.4, 0.5) is 0 Å². The van der Waals surface area contributed by atoms with Crippen molar-refractivity contribution in [2.24, 2.45) is 0 Å². The first kappa shape index (κ1) is 22.0. The van der Waals surface area contributed by atoms with Crippen LogP contribution in [0, 0.1) is 0 Å². The predicted octanol–water partition coefficient (Wildman–Crippen LogP) is 3.25. The summed E-state index contributed by atoms with van der Waals surface area (Å²) in [5.74, 6) is 0.649. The molecular formula is C24H32N2O4. The summed E-state index contributed by atoms with van der Waals surface area (Å²) in [7, 11) is 1.68. The number of carbonyl (C=O) groups is 1. The van der Waals surface area contributed by atoms with Gasteiger partial charge in [0.05, 0.1) is 7.11 Å². The third kappa shape index (κ3) is 6.66. The predicted molar refractivity (Wildman–Crippen MR) is 117 cm³/mol. The molecule has 3 rings (SSSR count). The van der Waals surface area contributed by atoms with E-state index in [1.807, 2.05) is 12.1 Å². The standard InChI is InChI=1S/C24H32N2O4/c1-30-21-8-4-18(5-9-21)3-2-14-26-15-12-20(13-16-26)25-24(29)11-7-19-6-10-22(27)23(28)17-19/h4-6,8-10,17,20,27-28H,2-3,7,11-16H2,1H3,(H,25,29). The Bertz CT molecular complexity index is 814. The van der Waals surface area contributed by atoms with Gasteiger partial charge in [0.1, 0.15) is 5.75 Å². The minimum absolute atomic E-state index is 0.0421. The molecule has 1 saturated heterocycles. The van der Waals surface area contributed by atoms with Gasteiger partial charge in [0.15, 0.2) is 11.5 Å². The van der Waals surface area contributed by atoms with Crippen LogP contribution in [-0.2, 0) is 17.6 Å². The van der Waals surface area contributed by atoms with Gasteiger partial charge in [-0.2, -0.15) is 0 Å². The van der Waals surface area contributed by atoms with Crippen LogP contribution < -0.4 is 10.1 Å². The van der Waals surface area contributed by atoms with Crippen molar-refractivity contribution < 1.29 is 19.7 Å². The number of benzene rings is 2. The molecule has 1 fully saturated rings. The Kier molecular flexibility index (Phi) is 7.97. The molecule has 0 unspecified atom stereocenters. The van der Waals surface area contributed by atoms with E-state index in [9.17, 15) is 15.0 Å². The highest BCUT2D eigenvalue weighted by atomic mass is 16.5. The van der Waals surface area contributed by atoms with Crippen LogP contribution in [0.2, 0.25) is 0 Å². The van der Waals surface area contributed by atoms with Gasteiger partial charge >= 0.3 is 0 Å². The van der Waals surface area contributed by atoms with Gasteiger partial charge in [-0.05, 0) is 74.0 Å². The maximum Gasteiger partial charge on any atom is 0.220 e. The lowest BCUT2D eigenvalue weighted by Crippen LogP contribution is -2.44. The normalized spacial score (nSPS) is 15.1. The number of methoxy groups -OCH3 is 1. The van der Waals surface area contributed by atoms with Crippen molar-refractivity contribution >= 4 is 5.91 Å². The van der Waals surface area contributed by atoms with Gasteiger partial charge in [-0.3, -0.25) is 4.79 Å². The smallest absolute Gasteiger partial charge is 0.220 e. The Morgan fingerprint density at radius 1 is 1.03 bits per heavy atom. The first-order valence-corrected chi connectivity index (χ1v) is 10.7. The molecule has 6 heteroatoms. The number of ether oxygens (including phenoxy) is 1. The Morgan fingerprint density at radius 3 is 2.40 bits per heavy atom. The summed E-state index contributed by atoms with van der Waals surface area (Å²) in [5.41, 5.74) is 2.17. The molecule has 1 aliphatic rings. The second kappa shape index (κ2) is 10.9. The first-order valence-electron chi connectivity index (χ1n) is 10.7. The number of amides is 1. The fraction of sp³-hybridized carbons (Fsp3) is 0.458. The third-order valence-electron chi connectivity index (χ3n) is 5.73. The average molecular weight is 413 g/mol. The van der Waals surface area contributed by atoms with Crippen LogP contribution in [0.5, 0.6) is 17.2 Å². The molecule has 0 atom stereocenters. The van der Waals surface area contributed by atoms with E-state index in [0.717, 1.165) is 56.6 Å². The van der Waals surface area contributed by atoms with E-state index in [0.29, 0.717) is 12.8 Å². The number of aryl methyl sites for hydroxylation is 2. The molecule has 1 aliphatic heterocycles. The quantitative estimate of drug-likeness (QED) is 0.551. The van der Waals surface area contributed by atoms with E-state index in [4.69, 9.17) is 4.74 Å². The number of piperidine rings is 1. The van der Waals surface area contributed by atoms with Crippen LogP contribution in [0.25, 0.3) is 0 Å². The zero-order valence-corrected chi connectivity index (χ0v) is 17.6. The van der Waals surface area contributed by atoms with Crippen LogP contribution in [0.1, 0.15) is 36.8 Å². The van der Waals surface area contributed by atoms with Crippen molar-refractivity contribution in [1.82, 2.24) is 10.2 Å². The zero-order valence-electron chi connectivity index (χ0n) is 17.6. The highest BCUT2D eigenvalue weighted by Crippen LogP contribution is 2.25. The molecular weight excluding hydrogens is 380 g/mol. The van der Waals surface area contributed by atoms with Gasteiger partial charge in [-0.15, -0.1) is 0 Å². The molecule has 0 bridgehead atoms. The Hall–Kier alpha value is -2.73. The number of phenols is 2. The molecule has 0 aromatic heterocycles. The Morgan fingerprint density at radius 2 is 1.73 bits per heavy atom. The molecule has 1 amide bonds. The topological polar surface area (TPSA) is 82.0 Å². The zero-order chi connectivity index (χ0) is 21.3. The SMILES string of the molecule is COc1ccc(CCCN2CCC(NC(=O)CCc3ccc(O)c(O)c3)CC2)cc1. The number of likely N-dealkylation sites (tertiary alicyclic amines) is 1. The second-order valence-electron chi connectivity index (χ2n) is 7.96. The fourth-order valence-corrected chi connectivity index (χ4v) is 3.88. The van der Waals surface area contributed by atoms with Crippen molar-refractivity contribution in [2.75, 3.05) is 26.7 Å². The molecule has 162 valence electrons. The maximum absolute atomic E-state index is 12.2. The molecule has 0 aliphatic carbocycles. The van der Waals surface area contributed by atoms with E-state index >= 15 is 0 Å². The lowest BCUT2D eigenvalue weighted by atomic mass is 10.0. The van der Waals surface area contributed by atoms with Gasteiger partial charge < -0.3 is 25.2 Å². The summed E-state index contributed by atoms with van der Waals surface area (Å²) in [6.45, 7) is 3.11. The van der Waals surface area contributed by atoms with Crippen LogP contribution in [-0.4, -0.2) is 53.8 Å². The van der Waals surface area contributed by atoms with Gasteiger partial charge in [0.2, 0.25) is 5.91 Å². The van der Waals surface area contributed by atoms with Gasteiger partial charge in [-0.25, -0.2) is 0 Å². The van der Waals surface area contributed by atoms with Crippen molar-refractivity contribution in [2.45, 2.75) is 44.6 Å². The summed E-state index contributed by atoms with van der Waals surface area (Å²) >= 11 is 0. The molecule has 1 heterocycles. The molecule has 6 nitrogen and oxygen atoms in total. The lowest BCUT2D eigenvalue weighted by molar-refractivity contribution is -0.122. The summed E-state index contributed by atoms with van der Waals surface area (Å²) in [6.07, 6.45) is 5.08. The van der Waals surface area contributed by atoms with Crippen LogP contribution >= 0.6 is 0 Å². The van der Waals surface area contributed by atoms with Crippen molar-refractivity contribution in [3.05, 3.63) is 53.6 Å². The van der Waals surface area contributed by atoms with E-state index in [1.165, 1.54) is 17.7 Å². The molecule has 2 aromatic carbocycles. The number of phenolic OH excluding ortho intramolecular Hbond substituents is 2. The largest absolute Gasteiger partial charge is 0.504 e. The number of hydrogen-bond donors (Lipinski definition) is 3. The Balaban J connectivity index is 1.30. The summed E-state index contributed by atoms with van der Waals surface area (Å²) in [4.78, 5) is 14.7. The Labute approximate surface area is 178 Å². The van der Waals surface area contributed by atoms with Gasteiger partial charge in [0, 0.05) is 25.6 Å². The van der Waals surface area contributed by atoms with Crippen molar-refractivity contribution in [3.8, 4) is 17.2 Å². The summed E-state index contributed by atoms with van der Waals surface area (Å²) in [6, 6.07) is 13.2. The number of hydrogen-bond acceptors (Lipinski definition) is 5. The van der Waals surface area contributed by atoms with E-state index in [2.05, 4.69) is 22.3 Å². The number of aromatic hydroxyl groups is 2. The summed E-state index contributed by atoms with van der Waals surface area (Å²) < 4.78 is 5.20. The highest BCUT2D eigenvalue weighted by molar-refractivity contribution is 5.76. The minimum Gasteiger partial charge on any atom is -0.504 e. The van der Waals surface area contributed by atoms with Crippen molar-refractivity contribution in [3.63, 3.8) is 0 Å². The fourth-order valence-electron chi connectivity index (χ4n) is 3.88.